The largest absolute Gasteiger partial charge is 0.495 e. The summed E-state index contributed by atoms with van der Waals surface area (Å²) in [4.78, 5) is 0.0176. The van der Waals surface area contributed by atoms with Crippen molar-refractivity contribution >= 4 is 43.2 Å². The molecule has 0 saturated carbocycles. The highest BCUT2D eigenvalue weighted by Gasteiger charge is 2.22. The summed E-state index contributed by atoms with van der Waals surface area (Å²) in [5.74, 6) is 0.573. The standard InChI is InChI=1S/C15H15BrClNO4S/c1-9-6-12(14(22-3)8-11(9)17)18-23(19,20)15-7-10(16)4-5-13(15)21-2/h4-8,18H,1-3H3. The van der Waals surface area contributed by atoms with Crippen LogP contribution in [0.3, 0.4) is 0 Å². The topological polar surface area (TPSA) is 64.6 Å². The molecule has 2 aromatic rings. The molecule has 0 atom stereocenters. The monoisotopic (exact) mass is 419 g/mol. The van der Waals surface area contributed by atoms with Crippen molar-refractivity contribution in [3.63, 3.8) is 0 Å². The van der Waals surface area contributed by atoms with Crippen molar-refractivity contribution in [3.8, 4) is 11.5 Å². The predicted molar refractivity (Wildman–Crippen MR) is 94.2 cm³/mol. The zero-order chi connectivity index (χ0) is 17.2. The third-order valence-corrected chi connectivity index (χ3v) is 5.43. The molecule has 0 aliphatic rings. The maximum absolute atomic E-state index is 12.7. The summed E-state index contributed by atoms with van der Waals surface area (Å²) in [5.41, 5.74) is 1.03. The lowest BCUT2D eigenvalue weighted by Crippen LogP contribution is -2.15. The van der Waals surface area contributed by atoms with Crippen molar-refractivity contribution in [1.82, 2.24) is 0 Å². The Morgan fingerprint density at radius 1 is 1.09 bits per heavy atom. The minimum Gasteiger partial charge on any atom is -0.495 e. The molecule has 0 aliphatic heterocycles. The Hall–Kier alpha value is -1.44. The number of anilines is 1. The second-order valence-corrected chi connectivity index (χ2v) is 7.68. The number of sulfonamides is 1. The number of hydrogen-bond acceptors (Lipinski definition) is 4. The van der Waals surface area contributed by atoms with Crippen LogP contribution in [0.2, 0.25) is 5.02 Å². The van der Waals surface area contributed by atoms with Gasteiger partial charge in [0.25, 0.3) is 10.0 Å². The summed E-state index contributed by atoms with van der Waals surface area (Å²) >= 11 is 9.30. The molecule has 2 aromatic carbocycles. The van der Waals surface area contributed by atoms with Crippen LogP contribution in [0.25, 0.3) is 0 Å². The Morgan fingerprint density at radius 3 is 2.35 bits per heavy atom. The maximum atomic E-state index is 12.7. The Morgan fingerprint density at radius 2 is 1.74 bits per heavy atom. The number of rotatable bonds is 5. The van der Waals surface area contributed by atoms with E-state index in [-0.39, 0.29) is 10.6 Å². The molecule has 0 amide bonds. The van der Waals surface area contributed by atoms with Crippen LogP contribution >= 0.6 is 27.5 Å². The minimum atomic E-state index is -3.87. The van der Waals surface area contributed by atoms with E-state index >= 15 is 0 Å². The Balaban J connectivity index is 2.51. The number of benzene rings is 2. The molecular weight excluding hydrogens is 406 g/mol. The number of aryl methyl sites for hydroxylation is 1. The van der Waals surface area contributed by atoms with E-state index in [1.165, 1.54) is 20.3 Å². The van der Waals surface area contributed by atoms with Gasteiger partial charge in [0.1, 0.15) is 16.4 Å². The Labute approximate surface area is 148 Å². The first-order chi connectivity index (χ1) is 10.8. The molecule has 124 valence electrons. The lowest BCUT2D eigenvalue weighted by Gasteiger charge is -2.15. The molecule has 2 rings (SSSR count). The molecule has 0 spiro atoms. The SMILES string of the molecule is COc1cc(Cl)c(C)cc1NS(=O)(=O)c1cc(Br)ccc1OC. The van der Waals surface area contributed by atoms with Gasteiger partial charge in [-0.15, -0.1) is 0 Å². The van der Waals surface area contributed by atoms with E-state index in [4.69, 9.17) is 21.1 Å². The molecule has 0 aliphatic carbocycles. The Kier molecular flexibility index (Phi) is 5.44. The second-order valence-electron chi connectivity index (χ2n) is 4.70. The molecule has 0 unspecified atom stereocenters. The van der Waals surface area contributed by atoms with Crippen LogP contribution in [0.1, 0.15) is 5.56 Å². The van der Waals surface area contributed by atoms with Crippen molar-refractivity contribution in [2.75, 3.05) is 18.9 Å². The van der Waals surface area contributed by atoms with Crippen molar-refractivity contribution in [2.45, 2.75) is 11.8 Å². The van der Waals surface area contributed by atoms with E-state index < -0.39 is 10.0 Å². The van der Waals surface area contributed by atoms with Crippen molar-refractivity contribution in [3.05, 3.63) is 45.4 Å². The van der Waals surface area contributed by atoms with Crippen LogP contribution in [-0.4, -0.2) is 22.6 Å². The fraction of sp³-hybridized carbons (Fsp3) is 0.200. The van der Waals surface area contributed by atoms with Crippen molar-refractivity contribution in [2.24, 2.45) is 0 Å². The predicted octanol–water partition coefficient (Wildman–Crippen LogP) is 4.23. The van der Waals surface area contributed by atoms with Crippen LogP contribution in [0.5, 0.6) is 11.5 Å². The van der Waals surface area contributed by atoms with E-state index in [0.717, 1.165) is 5.56 Å². The van der Waals surface area contributed by atoms with Crippen molar-refractivity contribution in [1.29, 1.82) is 0 Å². The van der Waals surface area contributed by atoms with Gasteiger partial charge in [0.05, 0.1) is 19.9 Å². The average Bonchev–Trinajstić information content (AvgIpc) is 2.50. The molecule has 8 heteroatoms. The molecule has 5 nitrogen and oxygen atoms in total. The quantitative estimate of drug-likeness (QED) is 0.786. The van der Waals surface area contributed by atoms with E-state index in [0.29, 0.717) is 20.9 Å². The van der Waals surface area contributed by atoms with Gasteiger partial charge in [-0.3, -0.25) is 4.72 Å². The fourth-order valence-corrected chi connectivity index (χ4v) is 3.90. The van der Waals surface area contributed by atoms with E-state index in [1.54, 1.807) is 31.2 Å². The van der Waals surface area contributed by atoms with Crippen LogP contribution in [-0.2, 0) is 10.0 Å². The smallest absolute Gasteiger partial charge is 0.265 e. The highest BCUT2D eigenvalue weighted by molar-refractivity contribution is 9.10. The first-order valence-corrected chi connectivity index (χ1v) is 9.14. The van der Waals surface area contributed by atoms with Gasteiger partial charge in [0.15, 0.2) is 0 Å². The number of methoxy groups -OCH3 is 2. The van der Waals surface area contributed by atoms with Crippen LogP contribution in [0.15, 0.2) is 39.7 Å². The van der Waals surface area contributed by atoms with Gasteiger partial charge >= 0.3 is 0 Å². The van der Waals surface area contributed by atoms with Gasteiger partial charge in [0, 0.05) is 15.6 Å². The molecule has 0 heterocycles. The summed E-state index contributed by atoms with van der Waals surface area (Å²) in [6, 6.07) is 7.92. The van der Waals surface area contributed by atoms with Gasteiger partial charge in [-0.05, 0) is 36.8 Å². The molecule has 0 saturated heterocycles. The number of ether oxygens (including phenoxy) is 2. The van der Waals surface area contributed by atoms with Gasteiger partial charge in [-0.1, -0.05) is 27.5 Å². The zero-order valence-corrected chi connectivity index (χ0v) is 15.8. The highest BCUT2D eigenvalue weighted by Crippen LogP contribution is 2.34. The van der Waals surface area contributed by atoms with E-state index in [1.807, 2.05) is 0 Å². The lowest BCUT2D eigenvalue weighted by atomic mass is 10.2. The van der Waals surface area contributed by atoms with E-state index in [2.05, 4.69) is 20.7 Å². The summed E-state index contributed by atoms with van der Waals surface area (Å²) in [6.07, 6.45) is 0. The molecule has 23 heavy (non-hydrogen) atoms. The highest BCUT2D eigenvalue weighted by atomic mass is 79.9. The summed E-state index contributed by atoms with van der Waals surface area (Å²) in [6.45, 7) is 1.78. The fourth-order valence-electron chi connectivity index (χ4n) is 1.97. The minimum absolute atomic E-state index is 0.0176. The number of hydrogen-bond donors (Lipinski definition) is 1. The first-order valence-electron chi connectivity index (χ1n) is 6.49. The molecular formula is C15H15BrClNO4S. The van der Waals surface area contributed by atoms with Crippen LogP contribution in [0.4, 0.5) is 5.69 Å². The normalized spacial score (nSPS) is 11.2. The van der Waals surface area contributed by atoms with Gasteiger partial charge in [-0.2, -0.15) is 0 Å². The van der Waals surface area contributed by atoms with Gasteiger partial charge in [0.2, 0.25) is 0 Å². The van der Waals surface area contributed by atoms with Crippen molar-refractivity contribution < 1.29 is 17.9 Å². The number of nitrogens with one attached hydrogen (secondary N) is 1. The third kappa shape index (κ3) is 3.91. The maximum Gasteiger partial charge on any atom is 0.265 e. The van der Waals surface area contributed by atoms with Gasteiger partial charge in [-0.25, -0.2) is 8.42 Å². The van der Waals surface area contributed by atoms with Crippen LogP contribution < -0.4 is 14.2 Å². The molecule has 0 aromatic heterocycles. The zero-order valence-electron chi connectivity index (χ0n) is 12.7. The van der Waals surface area contributed by atoms with Crippen LogP contribution in [0, 0.1) is 6.92 Å². The number of halogens is 2. The summed E-state index contributed by atoms with van der Waals surface area (Å²) < 4.78 is 38.9. The third-order valence-electron chi connectivity index (χ3n) is 3.14. The average molecular weight is 421 g/mol. The first kappa shape index (κ1) is 17.9. The van der Waals surface area contributed by atoms with E-state index in [9.17, 15) is 8.42 Å². The molecule has 0 radical (unpaired) electrons. The molecule has 1 N–H and O–H groups in total. The van der Waals surface area contributed by atoms with Gasteiger partial charge < -0.3 is 9.47 Å². The summed E-state index contributed by atoms with van der Waals surface area (Å²) in [5, 5.41) is 0.491. The summed E-state index contributed by atoms with van der Waals surface area (Å²) in [7, 11) is -1.01. The molecule has 0 fully saturated rings. The Bertz CT molecular complexity index is 840. The molecule has 0 bridgehead atoms. The second kappa shape index (κ2) is 6.98. The lowest BCUT2D eigenvalue weighted by molar-refractivity contribution is 0.402.